The van der Waals surface area contributed by atoms with Gasteiger partial charge in [0.25, 0.3) is 0 Å². The van der Waals surface area contributed by atoms with Crippen molar-refractivity contribution in [3.05, 3.63) is 36.5 Å². The molecule has 0 spiro atoms. The molecule has 0 nitrogen and oxygen atoms in total. The lowest BCUT2D eigenvalue weighted by Gasteiger charge is -2.16. The Labute approximate surface area is 204 Å². The fraction of sp³-hybridized carbons (Fsp3) is 0.812. The highest BCUT2D eigenvalue weighted by atomic mass is 14.1. The van der Waals surface area contributed by atoms with Crippen LogP contribution in [0.4, 0.5) is 0 Å². The minimum Gasteiger partial charge on any atom is -0.0885 e. The van der Waals surface area contributed by atoms with E-state index in [9.17, 15) is 0 Å². The second kappa shape index (κ2) is 28.3. The van der Waals surface area contributed by atoms with Gasteiger partial charge >= 0.3 is 0 Å². The molecule has 32 heavy (non-hydrogen) atoms. The van der Waals surface area contributed by atoms with Crippen LogP contribution in [0.3, 0.4) is 0 Å². The molecule has 0 aliphatic heterocycles. The molecule has 0 amide bonds. The van der Waals surface area contributed by atoms with Crippen LogP contribution in [0.2, 0.25) is 0 Å². The Bertz CT molecular complexity index is 388. The van der Waals surface area contributed by atoms with E-state index in [0.29, 0.717) is 0 Å². The third-order valence-electron chi connectivity index (χ3n) is 6.62. The second-order valence-corrected chi connectivity index (χ2v) is 9.91. The van der Waals surface area contributed by atoms with Crippen LogP contribution in [0.25, 0.3) is 0 Å². The molecule has 0 heteroatoms. The number of hydrogen-bond acceptors (Lipinski definition) is 0. The summed E-state index contributed by atoms with van der Waals surface area (Å²) >= 11 is 0. The number of unbranched alkanes of at least 4 members (excludes halogenated alkanes) is 13. The second-order valence-electron chi connectivity index (χ2n) is 9.91. The van der Waals surface area contributed by atoms with Crippen LogP contribution in [0.5, 0.6) is 0 Å². The van der Waals surface area contributed by atoms with Crippen LogP contribution in [0, 0.1) is 5.92 Å². The summed E-state index contributed by atoms with van der Waals surface area (Å²) in [7, 11) is 0. The van der Waals surface area contributed by atoms with Crippen LogP contribution in [0.15, 0.2) is 36.5 Å². The average molecular weight is 445 g/mol. The molecular weight excluding hydrogens is 384 g/mol. The van der Waals surface area contributed by atoms with Gasteiger partial charge in [-0.15, -0.1) is 0 Å². The van der Waals surface area contributed by atoms with E-state index in [2.05, 4.69) is 57.2 Å². The van der Waals surface area contributed by atoms with Gasteiger partial charge in [-0.1, -0.05) is 121 Å². The van der Waals surface area contributed by atoms with Gasteiger partial charge in [0.15, 0.2) is 0 Å². The van der Waals surface area contributed by atoms with Crippen LogP contribution < -0.4 is 0 Å². The minimum atomic E-state index is 0.950. The maximum atomic E-state index is 2.45. The summed E-state index contributed by atoms with van der Waals surface area (Å²) in [6.07, 6.45) is 44.5. The number of hydrogen-bond donors (Lipinski definition) is 0. The zero-order valence-corrected chi connectivity index (χ0v) is 22.6. The summed E-state index contributed by atoms with van der Waals surface area (Å²) in [5.74, 6) is 0.950. The van der Waals surface area contributed by atoms with Crippen molar-refractivity contribution in [1.29, 1.82) is 0 Å². The van der Waals surface area contributed by atoms with E-state index >= 15 is 0 Å². The summed E-state index contributed by atoms with van der Waals surface area (Å²) in [6, 6.07) is 0. The highest BCUT2D eigenvalue weighted by Gasteiger charge is 2.07. The maximum absolute atomic E-state index is 2.45. The lowest BCUT2D eigenvalue weighted by atomic mass is 9.90. The van der Waals surface area contributed by atoms with Crippen LogP contribution in [-0.4, -0.2) is 0 Å². The Balaban J connectivity index is 4.04. The van der Waals surface area contributed by atoms with E-state index in [0.717, 1.165) is 5.92 Å². The van der Waals surface area contributed by atoms with E-state index in [1.807, 2.05) is 0 Å². The molecule has 0 aromatic rings. The van der Waals surface area contributed by atoms with Crippen molar-refractivity contribution in [1.82, 2.24) is 0 Å². The quantitative estimate of drug-likeness (QED) is 0.0969. The zero-order chi connectivity index (χ0) is 23.4. The predicted octanol–water partition coefficient (Wildman–Crippen LogP) is 11.9. The highest BCUT2D eigenvalue weighted by molar-refractivity contribution is 4.84. The first kappa shape index (κ1) is 31.2. The maximum Gasteiger partial charge on any atom is -0.0351 e. The first-order valence-corrected chi connectivity index (χ1v) is 14.8. The predicted molar refractivity (Wildman–Crippen MR) is 150 cm³/mol. The molecule has 188 valence electrons. The summed E-state index contributed by atoms with van der Waals surface area (Å²) in [5, 5.41) is 0. The zero-order valence-electron chi connectivity index (χ0n) is 22.6. The standard InChI is InChI=1S/C32H60/c1-4-7-10-13-16-19-22-25-28-31-32(29-26-23-20-17-14-11-8-5-2)30-27-24-21-18-15-12-9-6-3/h16-21,32H,4-15,22-31H2,1-3H3. The minimum absolute atomic E-state index is 0.950. The van der Waals surface area contributed by atoms with E-state index in [4.69, 9.17) is 0 Å². The molecule has 0 radical (unpaired) electrons. The normalized spacial score (nSPS) is 13.2. The van der Waals surface area contributed by atoms with Gasteiger partial charge in [-0.25, -0.2) is 0 Å². The van der Waals surface area contributed by atoms with Gasteiger partial charge in [0, 0.05) is 0 Å². The van der Waals surface area contributed by atoms with Crippen molar-refractivity contribution < 1.29 is 0 Å². The molecule has 0 aliphatic rings. The number of rotatable bonds is 25. The topological polar surface area (TPSA) is 0 Å². The Morgan fingerprint density at radius 3 is 0.969 bits per heavy atom. The van der Waals surface area contributed by atoms with Gasteiger partial charge in [-0.2, -0.15) is 0 Å². The van der Waals surface area contributed by atoms with Crippen molar-refractivity contribution in [2.24, 2.45) is 5.92 Å². The molecule has 0 fully saturated rings. The largest absolute Gasteiger partial charge is 0.0885 e. The van der Waals surface area contributed by atoms with Crippen molar-refractivity contribution in [2.75, 3.05) is 0 Å². The van der Waals surface area contributed by atoms with Gasteiger partial charge < -0.3 is 0 Å². The monoisotopic (exact) mass is 444 g/mol. The molecule has 0 aromatic heterocycles. The number of allylic oxidation sites excluding steroid dienone is 6. The summed E-state index contributed by atoms with van der Waals surface area (Å²) in [6.45, 7) is 6.86. The summed E-state index contributed by atoms with van der Waals surface area (Å²) in [5.41, 5.74) is 0. The van der Waals surface area contributed by atoms with Crippen molar-refractivity contribution in [3.8, 4) is 0 Å². The SMILES string of the molecule is CCCCCC=CCCCCC(CCCC=CCCCCC)CCCC=CCCCCC. The average Bonchev–Trinajstić information content (AvgIpc) is 2.80. The smallest absolute Gasteiger partial charge is 0.0351 e. The third-order valence-corrected chi connectivity index (χ3v) is 6.62. The van der Waals surface area contributed by atoms with Gasteiger partial charge in [-0.3, -0.25) is 0 Å². The van der Waals surface area contributed by atoms with Gasteiger partial charge in [0.05, 0.1) is 0 Å². The first-order valence-electron chi connectivity index (χ1n) is 14.8. The van der Waals surface area contributed by atoms with Crippen LogP contribution >= 0.6 is 0 Å². The molecular formula is C32H60. The molecule has 0 rings (SSSR count). The Kier molecular flexibility index (Phi) is 27.6. The summed E-state index contributed by atoms with van der Waals surface area (Å²) < 4.78 is 0. The van der Waals surface area contributed by atoms with E-state index in [-0.39, 0.29) is 0 Å². The molecule has 0 aliphatic carbocycles. The van der Waals surface area contributed by atoms with Gasteiger partial charge in [0.1, 0.15) is 0 Å². The van der Waals surface area contributed by atoms with Crippen LogP contribution in [-0.2, 0) is 0 Å². The Morgan fingerprint density at radius 2 is 0.625 bits per heavy atom. The van der Waals surface area contributed by atoms with Crippen molar-refractivity contribution in [3.63, 3.8) is 0 Å². The lowest BCUT2D eigenvalue weighted by Crippen LogP contribution is -2.01. The fourth-order valence-electron chi connectivity index (χ4n) is 4.42. The van der Waals surface area contributed by atoms with Crippen molar-refractivity contribution >= 4 is 0 Å². The molecule has 0 bridgehead atoms. The molecule has 0 N–H and O–H groups in total. The van der Waals surface area contributed by atoms with Gasteiger partial charge in [0.2, 0.25) is 0 Å². The molecule has 0 saturated heterocycles. The third kappa shape index (κ3) is 25.5. The summed E-state index contributed by atoms with van der Waals surface area (Å²) in [4.78, 5) is 0. The van der Waals surface area contributed by atoms with E-state index < -0.39 is 0 Å². The highest BCUT2D eigenvalue weighted by Crippen LogP contribution is 2.23. The van der Waals surface area contributed by atoms with E-state index in [1.165, 1.54) is 141 Å². The molecule has 0 aromatic carbocycles. The van der Waals surface area contributed by atoms with Gasteiger partial charge in [-0.05, 0) is 83.0 Å². The Hall–Kier alpha value is -0.780. The molecule has 0 heterocycles. The molecule has 0 unspecified atom stereocenters. The fourth-order valence-corrected chi connectivity index (χ4v) is 4.42. The van der Waals surface area contributed by atoms with Crippen LogP contribution in [0.1, 0.15) is 162 Å². The first-order chi connectivity index (χ1) is 15.8. The Morgan fingerprint density at radius 1 is 0.344 bits per heavy atom. The molecule has 0 atom stereocenters. The van der Waals surface area contributed by atoms with E-state index in [1.54, 1.807) is 0 Å². The molecule has 0 saturated carbocycles. The van der Waals surface area contributed by atoms with Crippen molar-refractivity contribution in [2.45, 2.75) is 162 Å². The lowest BCUT2D eigenvalue weighted by molar-refractivity contribution is 0.385.